The topological polar surface area (TPSA) is 89.3 Å². The summed E-state index contributed by atoms with van der Waals surface area (Å²) in [7, 11) is -3.69. The predicted octanol–water partition coefficient (Wildman–Crippen LogP) is 1.77. The van der Waals surface area contributed by atoms with E-state index in [1.54, 1.807) is 18.2 Å². The van der Waals surface area contributed by atoms with Crippen molar-refractivity contribution in [2.45, 2.75) is 30.2 Å². The normalized spacial score (nSPS) is 22.0. The average molecular weight is 318 g/mol. The van der Waals surface area contributed by atoms with Gasteiger partial charge in [-0.2, -0.15) is 0 Å². The van der Waals surface area contributed by atoms with Gasteiger partial charge in [0.25, 0.3) is 0 Å². The van der Waals surface area contributed by atoms with E-state index in [-0.39, 0.29) is 4.90 Å². The number of hydrogen-bond donors (Lipinski definition) is 2. The molecule has 2 atom stereocenters. The number of amides is 1. The van der Waals surface area contributed by atoms with Gasteiger partial charge < -0.3 is 5.73 Å². The Kier molecular flexibility index (Phi) is 3.88. The fourth-order valence-corrected chi connectivity index (χ4v) is 4.68. The number of fused-ring (bicyclic) bond motifs is 1. The highest BCUT2D eigenvalue weighted by Gasteiger charge is 2.35. The first-order valence-corrected chi connectivity index (χ1v) is 8.77. The van der Waals surface area contributed by atoms with Crippen LogP contribution in [0, 0.1) is 5.92 Å². The Morgan fingerprint density at radius 1 is 1.09 bits per heavy atom. The number of carbonyl (C=O) groups is 1. The van der Waals surface area contributed by atoms with Crippen molar-refractivity contribution >= 4 is 26.7 Å². The molecule has 0 aliphatic heterocycles. The summed E-state index contributed by atoms with van der Waals surface area (Å²) in [6, 6.07) is 12.1. The molecule has 1 aliphatic carbocycles. The van der Waals surface area contributed by atoms with Crippen LogP contribution in [0.4, 0.5) is 0 Å². The van der Waals surface area contributed by atoms with E-state index in [4.69, 9.17) is 5.73 Å². The van der Waals surface area contributed by atoms with Crippen molar-refractivity contribution in [1.29, 1.82) is 0 Å². The molecule has 22 heavy (non-hydrogen) atoms. The molecule has 3 N–H and O–H groups in total. The van der Waals surface area contributed by atoms with Gasteiger partial charge in [0.15, 0.2) is 0 Å². The molecule has 0 aromatic heterocycles. The first-order chi connectivity index (χ1) is 10.5. The number of benzene rings is 2. The van der Waals surface area contributed by atoms with Crippen LogP contribution in [0.1, 0.15) is 19.3 Å². The van der Waals surface area contributed by atoms with Crippen LogP contribution in [0.2, 0.25) is 0 Å². The zero-order valence-electron chi connectivity index (χ0n) is 12.0. The van der Waals surface area contributed by atoms with Crippen molar-refractivity contribution in [2.75, 3.05) is 0 Å². The molecule has 0 saturated heterocycles. The summed E-state index contributed by atoms with van der Waals surface area (Å²) in [4.78, 5) is 11.7. The third-order valence-corrected chi connectivity index (χ3v) is 5.78. The van der Waals surface area contributed by atoms with Crippen molar-refractivity contribution in [2.24, 2.45) is 11.7 Å². The van der Waals surface area contributed by atoms with Crippen LogP contribution < -0.4 is 10.5 Å². The quantitative estimate of drug-likeness (QED) is 0.900. The molecule has 0 unspecified atom stereocenters. The summed E-state index contributed by atoms with van der Waals surface area (Å²) in [6.07, 6.45) is 2.08. The standard InChI is InChI=1S/C16H18N2O3S/c17-16(19)13-8-4-9-14(13)18-22(20,21)15-10-3-6-11-5-1-2-7-12(11)15/h1-3,5-7,10,13-14,18H,4,8-9H2,(H2,17,19)/t13-,14+/m1/s1. The van der Waals surface area contributed by atoms with E-state index in [1.165, 1.54) is 0 Å². The van der Waals surface area contributed by atoms with Crippen LogP contribution in [0.5, 0.6) is 0 Å². The Morgan fingerprint density at radius 3 is 2.59 bits per heavy atom. The Hall–Kier alpha value is -1.92. The van der Waals surface area contributed by atoms with Crippen molar-refractivity contribution in [3.63, 3.8) is 0 Å². The zero-order chi connectivity index (χ0) is 15.7. The molecule has 0 bridgehead atoms. The van der Waals surface area contributed by atoms with Crippen LogP contribution in [-0.2, 0) is 14.8 Å². The smallest absolute Gasteiger partial charge is 0.241 e. The second kappa shape index (κ2) is 5.70. The highest BCUT2D eigenvalue weighted by atomic mass is 32.2. The van der Waals surface area contributed by atoms with Crippen molar-refractivity contribution in [1.82, 2.24) is 4.72 Å². The SMILES string of the molecule is NC(=O)[C@@H]1CCC[C@@H]1NS(=O)(=O)c1cccc2ccccc12. The van der Waals surface area contributed by atoms with Crippen LogP contribution >= 0.6 is 0 Å². The number of sulfonamides is 1. The van der Waals surface area contributed by atoms with Gasteiger partial charge in [-0.25, -0.2) is 13.1 Å². The van der Waals surface area contributed by atoms with E-state index in [0.29, 0.717) is 18.2 Å². The third kappa shape index (κ3) is 2.71. The van der Waals surface area contributed by atoms with Gasteiger partial charge in [0.1, 0.15) is 0 Å². The number of nitrogens with two attached hydrogens (primary N) is 1. The van der Waals surface area contributed by atoms with Gasteiger partial charge in [-0.05, 0) is 24.3 Å². The molecule has 6 heteroatoms. The van der Waals surface area contributed by atoms with E-state index < -0.39 is 27.9 Å². The Balaban J connectivity index is 1.97. The monoisotopic (exact) mass is 318 g/mol. The van der Waals surface area contributed by atoms with Gasteiger partial charge in [-0.15, -0.1) is 0 Å². The summed E-state index contributed by atoms with van der Waals surface area (Å²) in [6.45, 7) is 0. The van der Waals surface area contributed by atoms with Gasteiger partial charge in [-0.1, -0.05) is 42.8 Å². The van der Waals surface area contributed by atoms with Crippen molar-refractivity contribution in [3.8, 4) is 0 Å². The number of hydrogen-bond acceptors (Lipinski definition) is 3. The second-order valence-corrected chi connectivity index (χ2v) is 7.33. The highest BCUT2D eigenvalue weighted by molar-refractivity contribution is 7.89. The molecule has 1 aliphatic rings. The lowest BCUT2D eigenvalue weighted by Crippen LogP contribution is -2.42. The molecule has 2 aromatic rings. The molecule has 2 aromatic carbocycles. The van der Waals surface area contributed by atoms with Crippen molar-refractivity contribution < 1.29 is 13.2 Å². The maximum Gasteiger partial charge on any atom is 0.241 e. The van der Waals surface area contributed by atoms with Crippen LogP contribution in [0.15, 0.2) is 47.4 Å². The molecule has 3 rings (SSSR count). The van der Waals surface area contributed by atoms with Crippen LogP contribution in [0.25, 0.3) is 10.8 Å². The Morgan fingerprint density at radius 2 is 1.82 bits per heavy atom. The van der Waals surface area contributed by atoms with Gasteiger partial charge in [0.2, 0.25) is 15.9 Å². The minimum Gasteiger partial charge on any atom is -0.369 e. The van der Waals surface area contributed by atoms with E-state index in [9.17, 15) is 13.2 Å². The van der Waals surface area contributed by atoms with E-state index >= 15 is 0 Å². The molecule has 116 valence electrons. The summed E-state index contributed by atoms with van der Waals surface area (Å²) in [5.41, 5.74) is 5.36. The second-order valence-electron chi connectivity index (χ2n) is 5.64. The molecule has 1 saturated carbocycles. The predicted molar refractivity (Wildman–Crippen MR) is 84.6 cm³/mol. The maximum absolute atomic E-state index is 12.7. The number of primary amides is 1. The average Bonchev–Trinajstić information content (AvgIpc) is 2.94. The van der Waals surface area contributed by atoms with Gasteiger partial charge in [0.05, 0.1) is 10.8 Å². The Labute approximate surface area is 129 Å². The first-order valence-electron chi connectivity index (χ1n) is 7.28. The van der Waals surface area contributed by atoms with E-state index in [1.807, 2.05) is 24.3 Å². The highest BCUT2D eigenvalue weighted by Crippen LogP contribution is 2.28. The zero-order valence-corrected chi connectivity index (χ0v) is 12.8. The lowest BCUT2D eigenvalue weighted by molar-refractivity contribution is -0.122. The molecule has 0 radical (unpaired) electrons. The first kappa shape index (κ1) is 15.0. The number of carbonyl (C=O) groups excluding carboxylic acids is 1. The maximum atomic E-state index is 12.7. The molecule has 1 amide bonds. The summed E-state index contributed by atoms with van der Waals surface area (Å²) in [5, 5.41) is 1.54. The third-order valence-electron chi connectivity index (χ3n) is 4.23. The fourth-order valence-electron chi connectivity index (χ4n) is 3.13. The fraction of sp³-hybridized carbons (Fsp3) is 0.312. The number of rotatable bonds is 4. The summed E-state index contributed by atoms with van der Waals surface area (Å²) in [5.74, 6) is -0.868. The summed E-state index contributed by atoms with van der Waals surface area (Å²) >= 11 is 0. The molecule has 0 heterocycles. The Bertz CT molecular complexity index is 812. The van der Waals surface area contributed by atoms with Crippen molar-refractivity contribution in [3.05, 3.63) is 42.5 Å². The lowest BCUT2D eigenvalue weighted by Gasteiger charge is -2.19. The van der Waals surface area contributed by atoms with E-state index in [0.717, 1.165) is 11.8 Å². The molecule has 0 spiro atoms. The number of nitrogens with one attached hydrogen (secondary N) is 1. The largest absolute Gasteiger partial charge is 0.369 e. The molecular weight excluding hydrogens is 300 g/mol. The van der Waals surface area contributed by atoms with Crippen LogP contribution in [0.3, 0.4) is 0 Å². The molecular formula is C16H18N2O3S. The van der Waals surface area contributed by atoms with Crippen LogP contribution in [-0.4, -0.2) is 20.4 Å². The minimum atomic E-state index is -3.69. The van der Waals surface area contributed by atoms with Gasteiger partial charge in [-0.3, -0.25) is 4.79 Å². The summed E-state index contributed by atoms with van der Waals surface area (Å²) < 4.78 is 28.1. The van der Waals surface area contributed by atoms with Gasteiger partial charge >= 0.3 is 0 Å². The molecule has 5 nitrogen and oxygen atoms in total. The molecule has 1 fully saturated rings. The minimum absolute atomic E-state index is 0.237. The van der Waals surface area contributed by atoms with E-state index in [2.05, 4.69) is 4.72 Å². The lowest BCUT2D eigenvalue weighted by atomic mass is 10.0. The van der Waals surface area contributed by atoms with Gasteiger partial charge in [0, 0.05) is 11.4 Å².